The van der Waals surface area contributed by atoms with Crippen molar-refractivity contribution in [3.8, 4) is 0 Å². The van der Waals surface area contributed by atoms with Gasteiger partial charge in [0.1, 0.15) is 11.6 Å². The quantitative estimate of drug-likeness (QED) is 0.660. The van der Waals surface area contributed by atoms with Crippen molar-refractivity contribution in [2.75, 3.05) is 34.8 Å². The first kappa shape index (κ1) is 21.8. The summed E-state index contributed by atoms with van der Waals surface area (Å²) in [4.78, 5) is 14.5. The molecule has 7 heteroatoms. The van der Waals surface area contributed by atoms with Crippen LogP contribution in [0.25, 0.3) is 0 Å². The fourth-order valence-corrected chi connectivity index (χ4v) is 4.55. The lowest BCUT2D eigenvalue weighted by Crippen LogP contribution is -2.39. The lowest BCUT2D eigenvalue weighted by molar-refractivity contribution is 0.481. The Labute approximate surface area is 191 Å². The highest BCUT2D eigenvalue weighted by atomic mass is 32.1. The summed E-state index contributed by atoms with van der Waals surface area (Å²) in [7, 11) is 0. The lowest BCUT2D eigenvalue weighted by Gasteiger charge is -2.35. The molecule has 2 aromatic rings. The standard InChI is InChI=1S/C24H34N6S/c1-18-9-11-20(12-10-18)17-25-24(31)28-23-26-21(29-13-5-3-6-14-29)16-22(27-23)30-15-7-4-8-19(30)2/h9-12,16,19H,3-8,13-15,17H2,1-2H3,(H2,25,26,27,28,31)/t19-/m0/s1. The van der Waals surface area contributed by atoms with Crippen LogP contribution in [-0.2, 0) is 6.54 Å². The third-order valence-electron chi connectivity index (χ3n) is 6.28. The van der Waals surface area contributed by atoms with E-state index in [1.54, 1.807) is 0 Å². The smallest absolute Gasteiger partial charge is 0.232 e. The van der Waals surface area contributed by atoms with E-state index >= 15 is 0 Å². The minimum Gasteiger partial charge on any atom is -0.358 e. The van der Waals surface area contributed by atoms with Gasteiger partial charge < -0.3 is 20.4 Å². The number of thiocarbonyl (C=S) groups is 1. The van der Waals surface area contributed by atoms with Crippen molar-refractivity contribution < 1.29 is 0 Å². The van der Waals surface area contributed by atoms with Crippen LogP contribution in [0.4, 0.5) is 17.6 Å². The predicted octanol–water partition coefficient (Wildman–Crippen LogP) is 4.64. The van der Waals surface area contributed by atoms with Gasteiger partial charge in [-0.1, -0.05) is 29.8 Å². The van der Waals surface area contributed by atoms with E-state index < -0.39 is 0 Å². The predicted molar refractivity (Wildman–Crippen MR) is 133 cm³/mol. The molecule has 2 aliphatic rings. The number of nitrogens with one attached hydrogen (secondary N) is 2. The molecule has 0 bridgehead atoms. The molecule has 2 N–H and O–H groups in total. The molecule has 166 valence electrons. The maximum Gasteiger partial charge on any atom is 0.232 e. The third kappa shape index (κ3) is 5.85. The maximum absolute atomic E-state index is 5.55. The average Bonchev–Trinajstić information content (AvgIpc) is 2.79. The highest BCUT2D eigenvalue weighted by Gasteiger charge is 2.23. The largest absolute Gasteiger partial charge is 0.358 e. The van der Waals surface area contributed by atoms with Crippen LogP contribution in [0.2, 0.25) is 0 Å². The fourth-order valence-electron chi connectivity index (χ4n) is 4.38. The summed E-state index contributed by atoms with van der Waals surface area (Å²) in [6, 6.07) is 11.1. The summed E-state index contributed by atoms with van der Waals surface area (Å²) >= 11 is 5.55. The molecule has 4 rings (SSSR count). The zero-order valence-corrected chi connectivity index (χ0v) is 19.5. The van der Waals surface area contributed by atoms with Crippen LogP contribution in [0.15, 0.2) is 30.3 Å². The molecule has 2 saturated heterocycles. The average molecular weight is 439 g/mol. The summed E-state index contributed by atoms with van der Waals surface area (Å²) < 4.78 is 0. The van der Waals surface area contributed by atoms with Crippen LogP contribution in [0.5, 0.6) is 0 Å². The molecule has 0 saturated carbocycles. The van der Waals surface area contributed by atoms with Gasteiger partial charge >= 0.3 is 0 Å². The van der Waals surface area contributed by atoms with Gasteiger partial charge in [-0.25, -0.2) is 0 Å². The molecule has 0 radical (unpaired) electrons. The SMILES string of the molecule is Cc1ccc(CNC(=S)Nc2nc(N3CCCCC3)cc(N3CCCC[C@@H]3C)n2)cc1. The molecule has 0 spiro atoms. The Morgan fingerprint density at radius 1 is 1.00 bits per heavy atom. The first-order valence-corrected chi connectivity index (χ1v) is 12.0. The van der Waals surface area contributed by atoms with Gasteiger partial charge in [0.15, 0.2) is 5.11 Å². The summed E-state index contributed by atoms with van der Waals surface area (Å²) in [5, 5.41) is 7.08. The number of anilines is 3. The third-order valence-corrected chi connectivity index (χ3v) is 6.52. The molecular formula is C24H34N6S. The molecule has 6 nitrogen and oxygen atoms in total. The highest BCUT2D eigenvalue weighted by Crippen LogP contribution is 2.28. The summed E-state index contributed by atoms with van der Waals surface area (Å²) in [6.07, 6.45) is 7.46. The van der Waals surface area contributed by atoms with Crippen molar-refractivity contribution in [1.29, 1.82) is 0 Å². The number of aromatic nitrogens is 2. The number of hydrogen-bond acceptors (Lipinski definition) is 5. The van der Waals surface area contributed by atoms with Crippen LogP contribution in [0, 0.1) is 6.92 Å². The van der Waals surface area contributed by atoms with E-state index in [0.717, 1.165) is 31.3 Å². The molecule has 0 aliphatic carbocycles. The summed E-state index contributed by atoms with van der Waals surface area (Å²) in [5.74, 6) is 2.59. The van der Waals surface area contributed by atoms with Crippen LogP contribution in [-0.4, -0.2) is 40.8 Å². The number of nitrogens with zero attached hydrogens (tertiary/aromatic N) is 4. The number of benzene rings is 1. The van der Waals surface area contributed by atoms with Crippen LogP contribution < -0.4 is 20.4 Å². The van der Waals surface area contributed by atoms with Crippen LogP contribution >= 0.6 is 12.2 Å². The lowest BCUT2D eigenvalue weighted by atomic mass is 10.0. The van der Waals surface area contributed by atoms with Crippen LogP contribution in [0.1, 0.15) is 56.6 Å². The van der Waals surface area contributed by atoms with Gasteiger partial charge in [-0.05, 0) is 70.2 Å². The van der Waals surface area contributed by atoms with E-state index in [-0.39, 0.29) is 0 Å². The Kier molecular flexibility index (Phi) is 7.22. The van der Waals surface area contributed by atoms with E-state index in [1.807, 2.05) is 0 Å². The molecule has 0 unspecified atom stereocenters. The number of aryl methyl sites for hydroxylation is 1. The van der Waals surface area contributed by atoms with Gasteiger partial charge in [0, 0.05) is 38.3 Å². The summed E-state index contributed by atoms with van der Waals surface area (Å²) in [5.41, 5.74) is 2.45. The van der Waals surface area contributed by atoms with Crippen molar-refractivity contribution in [2.24, 2.45) is 0 Å². The van der Waals surface area contributed by atoms with Gasteiger partial charge in [0.05, 0.1) is 0 Å². The molecule has 2 aliphatic heterocycles. The van der Waals surface area contributed by atoms with Crippen LogP contribution in [0.3, 0.4) is 0 Å². The van der Waals surface area contributed by atoms with Crippen molar-refractivity contribution >= 4 is 34.9 Å². The Bertz CT molecular complexity index is 878. The maximum atomic E-state index is 5.55. The van der Waals surface area contributed by atoms with E-state index in [4.69, 9.17) is 22.2 Å². The molecule has 1 aromatic carbocycles. The Hall–Kier alpha value is -2.41. The second-order valence-corrected chi connectivity index (χ2v) is 9.20. The van der Waals surface area contributed by atoms with Gasteiger partial charge in [-0.15, -0.1) is 0 Å². The normalized spacial score (nSPS) is 19.2. The van der Waals surface area contributed by atoms with Gasteiger partial charge in [0.25, 0.3) is 0 Å². The zero-order chi connectivity index (χ0) is 21.6. The van der Waals surface area contributed by atoms with Gasteiger partial charge in [-0.3, -0.25) is 0 Å². The number of piperidine rings is 2. The second-order valence-electron chi connectivity index (χ2n) is 8.79. The molecule has 0 amide bonds. The minimum atomic E-state index is 0.498. The summed E-state index contributed by atoms with van der Waals surface area (Å²) in [6.45, 7) is 8.23. The Morgan fingerprint density at radius 2 is 1.71 bits per heavy atom. The number of rotatable bonds is 5. The van der Waals surface area contributed by atoms with Gasteiger partial charge in [-0.2, -0.15) is 9.97 Å². The number of hydrogen-bond donors (Lipinski definition) is 2. The Balaban J connectivity index is 1.49. The van der Waals surface area contributed by atoms with E-state index in [1.165, 1.54) is 49.7 Å². The van der Waals surface area contributed by atoms with Crippen molar-refractivity contribution in [2.45, 2.75) is 65.0 Å². The zero-order valence-electron chi connectivity index (χ0n) is 18.7. The highest BCUT2D eigenvalue weighted by molar-refractivity contribution is 7.80. The second kappa shape index (κ2) is 10.3. The molecular weight excluding hydrogens is 404 g/mol. The first-order chi connectivity index (χ1) is 15.1. The molecule has 2 fully saturated rings. The van der Waals surface area contributed by atoms with Crippen molar-refractivity contribution in [3.05, 3.63) is 41.5 Å². The fraction of sp³-hybridized carbons (Fsp3) is 0.542. The Morgan fingerprint density at radius 3 is 2.45 bits per heavy atom. The van der Waals surface area contributed by atoms with Gasteiger partial charge in [0.2, 0.25) is 5.95 Å². The molecule has 1 atom stereocenters. The monoisotopic (exact) mass is 438 g/mol. The topological polar surface area (TPSA) is 56.3 Å². The van der Waals surface area contributed by atoms with E-state index in [2.05, 4.69) is 64.6 Å². The van der Waals surface area contributed by atoms with E-state index in [9.17, 15) is 0 Å². The van der Waals surface area contributed by atoms with Crippen molar-refractivity contribution in [3.63, 3.8) is 0 Å². The molecule has 3 heterocycles. The first-order valence-electron chi connectivity index (χ1n) is 11.6. The van der Waals surface area contributed by atoms with E-state index in [0.29, 0.717) is 23.6 Å². The van der Waals surface area contributed by atoms with Crippen molar-refractivity contribution in [1.82, 2.24) is 15.3 Å². The molecule has 31 heavy (non-hydrogen) atoms. The minimum absolute atomic E-state index is 0.498. The molecule has 1 aromatic heterocycles.